The first-order valence-corrected chi connectivity index (χ1v) is 7.33. The molecule has 5 nitrogen and oxygen atoms in total. The van der Waals surface area contributed by atoms with Crippen molar-refractivity contribution in [2.24, 2.45) is 5.41 Å². The lowest BCUT2D eigenvalue weighted by atomic mass is 9.79. The minimum atomic E-state index is -0.798. The fourth-order valence-electron chi connectivity index (χ4n) is 2.74. The Labute approximate surface area is 121 Å². The van der Waals surface area contributed by atoms with E-state index in [1.807, 2.05) is 14.1 Å². The molecule has 1 amide bonds. The fraction of sp³-hybridized carbons (Fsp3) is 0.867. The summed E-state index contributed by atoms with van der Waals surface area (Å²) in [5.74, 6) is -0.823. The lowest BCUT2D eigenvalue weighted by molar-refractivity contribution is -0.140. The second-order valence-electron chi connectivity index (χ2n) is 6.94. The van der Waals surface area contributed by atoms with E-state index in [0.29, 0.717) is 13.0 Å². The summed E-state index contributed by atoms with van der Waals surface area (Å²) in [5.41, 5.74) is -0.427. The Balaban J connectivity index is 2.53. The second kappa shape index (κ2) is 6.57. The van der Waals surface area contributed by atoms with Crippen LogP contribution >= 0.6 is 0 Å². The summed E-state index contributed by atoms with van der Waals surface area (Å²) in [7, 11) is 3.96. The van der Waals surface area contributed by atoms with Crippen molar-refractivity contribution >= 4 is 11.9 Å². The summed E-state index contributed by atoms with van der Waals surface area (Å²) in [4.78, 5) is 25.2. The Morgan fingerprint density at radius 2 is 1.75 bits per heavy atom. The first-order chi connectivity index (χ1) is 9.17. The zero-order valence-corrected chi connectivity index (χ0v) is 13.2. The minimum Gasteiger partial charge on any atom is -0.481 e. The third-order valence-electron chi connectivity index (χ3n) is 4.65. The molecule has 0 aliphatic heterocycles. The molecule has 5 heteroatoms. The number of likely N-dealkylation sites (N-methyl/N-ethyl adjacent to an activating group) is 1. The van der Waals surface area contributed by atoms with Crippen LogP contribution in [-0.2, 0) is 9.59 Å². The van der Waals surface area contributed by atoms with E-state index in [4.69, 9.17) is 5.11 Å². The molecule has 2 N–H and O–H groups in total. The molecular weight excluding hydrogens is 256 g/mol. The largest absolute Gasteiger partial charge is 0.481 e. The molecule has 0 bridgehead atoms. The molecule has 0 aromatic heterocycles. The number of aliphatic carboxylic acids is 1. The normalized spacial score (nSPS) is 18.2. The number of hydrogen-bond donors (Lipinski definition) is 2. The van der Waals surface area contributed by atoms with Crippen molar-refractivity contribution < 1.29 is 14.7 Å². The van der Waals surface area contributed by atoms with E-state index < -0.39 is 5.97 Å². The third-order valence-corrected chi connectivity index (χ3v) is 4.65. The Morgan fingerprint density at radius 1 is 1.20 bits per heavy atom. The molecule has 1 rings (SSSR count). The van der Waals surface area contributed by atoms with Crippen LogP contribution in [0.4, 0.5) is 0 Å². The Hall–Kier alpha value is -1.10. The van der Waals surface area contributed by atoms with Gasteiger partial charge in [-0.05, 0) is 46.2 Å². The maximum Gasteiger partial charge on any atom is 0.303 e. The first kappa shape index (κ1) is 17.0. The minimum absolute atomic E-state index is 0.0249. The van der Waals surface area contributed by atoms with Crippen LogP contribution in [0.5, 0.6) is 0 Å². The molecule has 0 saturated heterocycles. The van der Waals surface area contributed by atoms with E-state index in [1.165, 1.54) is 0 Å². The van der Waals surface area contributed by atoms with Crippen molar-refractivity contribution in [1.82, 2.24) is 10.2 Å². The van der Waals surface area contributed by atoms with Gasteiger partial charge in [0.25, 0.3) is 0 Å². The van der Waals surface area contributed by atoms with Gasteiger partial charge < -0.3 is 15.3 Å². The predicted molar refractivity (Wildman–Crippen MR) is 78.5 cm³/mol. The summed E-state index contributed by atoms with van der Waals surface area (Å²) in [6.07, 6.45) is 4.21. The fourth-order valence-corrected chi connectivity index (χ4v) is 2.74. The second-order valence-corrected chi connectivity index (χ2v) is 6.94. The average Bonchev–Trinajstić information content (AvgIpc) is 2.73. The Bertz CT molecular complexity index is 358. The molecule has 0 heterocycles. The number of carboxylic acids is 1. The Kier molecular flexibility index (Phi) is 5.57. The van der Waals surface area contributed by atoms with Crippen LogP contribution in [-0.4, -0.2) is 48.1 Å². The standard InChI is InChI=1S/C15H28N2O3/c1-14(2,17(3)4)11-16-12(18)9-15(10-13(19)20)7-5-6-8-15/h5-11H2,1-4H3,(H,16,18)(H,19,20). The lowest BCUT2D eigenvalue weighted by Crippen LogP contribution is -2.48. The van der Waals surface area contributed by atoms with Gasteiger partial charge >= 0.3 is 5.97 Å². The number of nitrogens with zero attached hydrogens (tertiary/aromatic N) is 1. The predicted octanol–water partition coefficient (Wildman–Crippen LogP) is 1.87. The number of carbonyl (C=O) groups is 2. The molecule has 20 heavy (non-hydrogen) atoms. The molecular formula is C15H28N2O3. The van der Waals surface area contributed by atoms with Crippen molar-refractivity contribution in [3.63, 3.8) is 0 Å². The molecule has 116 valence electrons. The summed E-state index contributed by atoms with van der Waals surface area (Å²) in [6.45, 7) is 4.70. The van der Waals surface area contributed by atoms with Gasteiger partial charge in [-0.1, -0.05) is 12.8 Å². The van der Waals surface area contributed by atoms with E-state index in [2.05, 4.69) is 24.1 Å². The Morgan fingerprint density at radius 3 is 2.20 bits per heavy atom. The molecule has 0 aromatic carbocycles. The molecule has 1 saturated carbocycles. The van der Waals surface area contributed by atoms with Gasteiger partial charge in [0, 0.05) is 18.5 Å². The highest BCUT2D eigenvalue weighted by molar-refractivity contribution is 5.78. The molecule has 0 unspecified atom stereocenters. The topological polar surface area (TPSA) is 69.6 Å². The maximum absolute atomic E-state index is 12.1. The van der Waals surface area contributed by atoms with Crippen LogP contribution in [0.2, 0.25) is 0 Å². The van der Waals surface area contributed by atoms with Crippen molar-refractivity contribution in [2.45, 2.75) is 57.9 Å². The molecule has 1 aliphatic rings. The number of carboxylic acid groups (broad SMARTS) is 1. The first-order valence-electron chi connectivity index (χ1n) is 7.33. The van der Waals surface area contributed by atoms with Crippen molar-refractivity contribution in [3.05, 3.63) is 0 Å². The van der Waals surface area contributed by atoms with E-state index in [0.717, 1.165) is 25.7 Å². The molecule has 0 aromatic rings. The van der Waals surface area contributed by atoms with E-state index in [-0.39, 0.29) is 23.3 Å². The van der Waals surface area contributed by atoms with Crippen molar-refractivity contribution in [3.8, 4) is 0 Å². The van der Waals surface area contributed by atoms with Crippen molar-refractivity contribution in [1.29, 1.82) is 0 Å². The van der Waals surface area contributed by atoms with Crippen LogP contribution in [0, 0.1) is 5.41 Å². The summed E-state index contributed by atoms with van der Waals surface area (Å²) >= 11 is 0. The number of amides is 1. The molecule has 1 aliphatic carbocycles. The molecule has 0 spiro atoms. The van der Waals surface area contributed by atoms with Gasteiger partial charge in [0.2, 0.25) is 5.91 Å². The van der Waals surface area contributed by atoms with Gasteiger partial charge in [0.05, 0.1) is 6.42 Å². The number of hydrogen-bond acceptors (Lipinski definition) is 3. The van der Waals surface area contributed by atoms with Gasteiger partial charge in [-0.3, -0.25) is 9.59 Å². The molecule has 0 radical (unpaired) electrons. The highest BCUT2D eigenvalue weighted by Gasteiger charge is 2.38. The van der Waals surface area contributed by atoms with Crippen LogP contribution in [0.25, 0.3) is 0 Å². The van der Waals surface area contributed by atoms with Crippen LogP contribution in [0.3, 0.4) is 0 Å². The van der Waals surface area contributed by atoms with Crippen LogP contribution in [0.15, 0.2) is 0 Å². The van der Waals surface area contributed by atoms with Crippen LogP contribution < -0.4 is 5.32 Å². The van der Waals surface area contributed by atoms with Crippen molar-refractivity contribution in [2.75, 3.05) is 20.6 Å². The number of carbonyl (C=O) groups excluding carboxylic acids is 1. The zero-order chi connectivity index (χ0) is 15.4. The summed E-state index contributed by atoms with van der Waals surface area (Å²) in [6, 6.07) is 0. The van der Waals surface area contributed by atoms with E-state index in [9.17, 15) is 9.59 Å². The van der Waals surface area contributed by atoms with Gasteiger partial charge in [0.15, 0.2) is 0 Å². The maximum atomic E-state index is 12.1. The quantitative estimate of drug-likeness (QED) is 0.749. The lowest BCUT2D eigenvalue weighted by Gasteiger charge is -2.33. The smallest absolute Gasteiger partial charge is 0.303 e. The summed E-state index contributed by atoms with van der Waals surface area (Å²) < 4.78 is 0. The monoisotopic (exact) mass is 284 g/mol. The van der Waals surface area contributed by atoms with Gasteiger partial charge in [-0.15, -0.1) is 0 Å². The molecule has 1 fully saturated rings. The number of nitrogens with one attached hydrogen (secondary N) is 1. The summed E-state index contributed by atoms with van der Waals surface area (Å²) in [5, 5.41) is 12.0. The van der Waals surface area contributed by atoms with Gasteiger partial charge in [0.1, 0.15) is 0 Å². The van der Waals surface area contributed by atoms with E-state index >= 15 is 0 Å². The zero-order valence-electron chi connectivity index (χ0n) is 13.2. The highest BCUT2D eigenvalue weighted by Crippen LogP contribution is 2.44. The SMILES string of the molecule is CN(C)C(C)(C)CNC(=O)CC1(CC(=O)O)CCCC1. The van der Waals surface area contributed by atoms with Crippen LogP contribution in [0.1, 0.15) is 52.4 Å². The number of rotatable bonds is 7. The van der Waals surface area contributed by atoms with E-state index in [1.54, 1.807) is 0 Å². The molecule has 0 atom stereocenters. The third kappa shape index (κ3) is 4.78. The highest BCUT2D eigenvalue weighted by atomic mass is 16.4. The van der Waals surface area contributed by atoms with Gasteiger partial charge in [-0.2, -0.15) is 0 Å². The van der Waals surface area contributed by atoms with Gasteiger partial charge in [-0.25, -0.2) is 0 Å². The average molecular weight is 284 g/mol.